The molecule has 0 aliphatic heterocycles. The fourth-order valence-electron chi connectivity index (χ4n) is 1.56. The van der Waals surface area contributed by atoms with Crippen LogP contribution < -0.4 is 4.74 Å². The van der Waals surface area contributed by atoms with Gasteiger partial charge < -0.3 is 4.74 Å². The van der Waals surface area contributed by atoms with Crippen molar-refractivity contribution in [3.63, 3.8) is 0 Å². The first kappa shape index (κ1) is 15.1. The summed E-state index contributed by atoms with van der Waals surface area (Å²) in [6, 6.07) is 9.24. The molecule has 104 valence electrons. The standard InChI is InChI=1S/C13H8BrCl2NO3/c14-7-8-5-9(15)1-3-12(8)20-13-4-2-10(17(18)19)6-11(13)16/h1-6H,7H2. The smallest absolute Gasteiger partial charge is 0.271 e. The quantitative estimate of drug-likeness (QED) is 0.397. The highest BCUT2D eigenvalue weighted by atomic mass is 79.9. The number of halogens is 3. The number of benzene rings is 2. The molecule has 0 aliphatic carbocycles. The van der Waals surface area contributed by atoms with E-state index < -0.39 is 4.92 Å². The summed E-state index contributed by atoms with van der Waals surface area (Å²) in [5.41, 5.74) is 0.770. The number of non-ortho nitro benzene ring substituents is 1. The summed E-state index contributed by atoms with van der Waals surface area (Å²) in [5.74, 6) is 0.934. The largest absolute Gasteiger partial charge is 0.455 e. The van der Waals surface area contributed by atoms with Gasteiger partial charge in [-0.05, 0) is 24.3 Å². The third-order valence-electron chi connectivity index (χ3n) is 2.51. The van der Waals surface area contributed by atoms with Crippen molar-refractivity contribution in [2.45, 2.75) is 5.33 Å². The van der Waals surface area contributed by atoms with Gasteiger partial charge in [0.05, 0.1) is 9.95 Å². The Balaban J connectivity index is 2.33. The molecular formula is C13H8BrCl2NO3. The van der Waals surface area contributed by atoms with Gasteiger partial charge in [-0.25, -0.2) is 0 Å². The summed E-state index contributed by atoms with van der Waals surface area (Å²) < 4.78 is 5.68. The molecule has 20 heavy (non-hydrogen) atoms. The molecule has 0 saturated carbocycles. The predicted molar refractivity (Wildman–Crippen MR) is 82.3 cm³/mol. The average molecular weight is 377 g/mol. The van der Waals surface area contributed by atoms with Gasteiger partial charge in [-0.15, -0.1) is 0 Å². The zero-order valence-electron chi connectivity index (χ0n) is 9.98. The van der Waals surface area contributed by atoms with Crippen molar-refractivity contribution in [1.82, 2.24) is 0 Å². The topological polar surface area (TPSA) is 52.4 Å². The lowest BCUT2D eigenvalue weighted by Gasteiger charge is -2.11. The molecule has 0 unspecified atom stereocenters. The Bertz CT molecular complexity index is 664. The lowest BCUT2D eigenvalue weighted by atomic mass is 10.2. The molecule has 0 N–H and O–H groups in total. The maximum Gasteiger partial charge on any atom is 0.271 e. The molecule has 0 spiro atoms. The first-order valence-electron chi connectivity index (χ1n) is 5.47. The monoisotopic (exact) mass is 375 g/mol. The predicted octanol–water partition coefficient (Wildman–Crippen LogP) is 5.59. The molecule has 0 heterocycles. The molecule has 0 saturated heterocycles. The number of alkyl halides is 1. The number of hydrogen-bond donors (Lipinski definition) is 0. The van der Waals surface area contributed by atoms with Gasteiger partial charge in [0, 0.05) is 28.0 Å². The highest BCUT2D eigenvalue weighted by Gasteiger charge is 2.12. The summed E-state index contributed by atoms with van der Waals surface area (Å²) in [4.78, 5) is 10.1. The number of nitro groups is 1. The molecule has 0 aromatic heterocycles. The molecule has 2 aromatic carbocycles. The number of hydrogen-bond acceptors (Lipinski definition) is 3. The fraction of sp³-hybridized carbons (Fsp3) is 0.0769. The van der Waals surface area contributed by atoms with Crippen molar-refractivity contribution >= 4 is 44.8 Å². The van der Waals surface area contributed by atoms with Crippen LogP contribution in [0.5, 0.6) is 11.5 Å². The fourth-order valence-corrected chi connectivity index (χ4v) is 2.40. The van der Waals surface area contributed by atoms with Gasteiger partial charge >= 0.3 is 0 Å². The Kier molecular flexibility index (Phi) is 4.86. The second-order valence-corrected chi connectivity index (χ2v) is 5.26. The molecule has 0 atom stereocenters. The lowest BCUT2D eigenvalue weighted by Crippen LogP contribution is -1.92. The Morgan fingerprint density at radius 3 is 2.45 bits per heavy atom. The Morgan fingerprint density at radius 1 is 1.15 bits per heavy atom. The van der Waals surface area contributed by atoms with E-state index >= 15 is 0 Å². The minimum atomic E-state index is -0.512. The van der Waals surface area contributed by atoms with E-state index in [0.717, 1.165) is 5.56 Å². The third kappa shape index (κ3) is 3.42. The second-order valence-electron chi connectivity index (χ2n) is 3.86. The summed E-state index contributed by atoms with van der Waals surface area (Å²) in [5, 5.41) is 12.0. The van der Waals surface area contributed by atoms with E-state index in [0.29, 0.717) is 21.9 Å². The van der Waals surface area contributed by atoms with Crippen LogP contribution in [0, 0.1) is 10.1 Å². The van der Waals surface area contributed by atoms with Gasteiger partial charge in [0.15, 0.2) is 0 Å². The van der Waals surface area contributed by atoms with Crippen molar-refractivity contribution in [1.29, 1.82) is 0 Å². The van der Waals surface area contributed by atoms with Crippen molar-refractivity contribution < 1.29 is 9.66 Å². The molecule has 0 bridgehead atoms. The van der Waals surface area contributed by atoms with Crippen LogP contribution in [0.3, 0.4) is 0 Å². The van der Waals surface area contributed by atoms with E-state index in [1.165, 1.54) is 18.2 Å². The third-order valence-corrected chi connectivity index (χ3v) is 3.65. The van der Waals surface area contributed by atoms with Gasteiger partial charge in [0.2, 0.25) is 0 Å². The van der Waals surface area contributed by atoms with Crippen LogP contribution >= 0.6 is 39.1 Å². The molecule has 4 nitrogen and oxygen atoms in total. The second kappa shape index (κ2) is 6.43. The van der Waals surface area contributed by atoms with Crippen molar-refractivity contribution in [3.05, 3.63) is 62.1 Å². The summed E-state index contributed by atoms with van der Waals surface area (Å²) in [7, 11) is 0. The first-order chi connectivity index (χ1) is 9.51. The van der Waals surface area contributed by atoms with E-state index in [1.54, 1.807) is 18.2 Å². The van der Waals surface area contributed by atoms with Crippen LogP contribution in [-0.2, 0) is 5.33 Å². The zero-order chi connectivity index (χ0) is 14.7. The van der Waals surface area contributed by atoms with Crippen molar-refractivity contribution in [3.8, 4) is 11.5 Å². The van der Waals surface area contributed by atoms with Crippen LogP contribution in [0.1, 0.15) is 5.56 Å². The van der Waals surface area contributed by atoms with Crippen LogP contribution in [0.4, 0.5) is 5.69 Å². The summed E-state index contributed by atoms with van der Waals surface area (Å²) >= 11 is 15.2. The lowest BCUT2D eigenvalue weighted by molar-refractivity contribution is -0.384. The van der Waals surface area contributed by atoms with E-state index in [4.69, 9.17) is 27.9 Å². The molecule has 7 heteroatoms. The Morgan fingerprint density at radius 2 is 1.85 bits per heavy atom. The van der Waals surface area contributed by atoms with Crippen LogP contribution in [0.15, 0.2) is 36.4 Å². The normalized spacial score (nSPS) is 10.3. The van der Waals surface area contributed by atoms with Crippen molar-refractivity contribution in [2.75, 3.05) is 0 Å². The molecule has 2 rings (SSSR count). The van der Waals surface area contributed by atoms with Crippen molar-refractivity contribution in [2.24, 2.45) is 0 Å². The minimum Gasteiger partial charge on any atom is -0.455 e. The zero-order valence-corrected chi connectivity index (χ0v) is 13.1. The van der Waals surface area contributed by atoms with E-state index in [2.05, 4.69) is 15.9 Å². The molecular weight excluding hydrogens is 369 g/mol. The van der Waals surface area contributed by atoms with Gasteiger partial charge in [0.1, 0.15) is 11.5 Å². The summed E-state index contributed by atoms with van der Waals surface area (Å²) in [6.45, 7) is 0. The van der Waals surface area contributed by atoms with Crippen LogP contribution in [0.25, 0.3) is 0 Å². The minimum absolute atomic E-state index is 0.0841. The Labute approximate surface area is 133 Å². The van der Waals surface area contributed by atoms with E-state index in [-0.39, 0.29) is 10.7 Å². The van der Waals surface area contributed by atoms with Crippen LogP contribution in [-0.4, -0.2) is 4.92 Å². The van der Waals surface area contributed by atoms with Crippen LogP contribution in [0.2, 0.25) is 10.0 Å². The number of nitro benzene ring substituents is 1. The molecule has 2 aromatic rings. The first-order valence-corrected chi connectivity index (χ1v) is 7.35. The maximum absolute atomic E-state index is 10.6. The summed E-state index contributed by atoms with van der Waals surface area (Å²) in [6.07, 6.45) is 0. The highest BCUT2D eigenvalue weighted by molar-refractivity contribution is 9.08. The Hall–Kier alpha value is -1.30. The molecule has 0 radical (unpaired) electrons. The number of ether oxygens (including phenoxy) is 1. The number of nitrogens with zero attached hydrogens (tertiary/aromatic N) is 1. The number of rotatable bonds is 4. The van der Waals surface area contributed by atoms with Gasteiger partial charge in [-0.1, -0.05) is 39.1 Å². The van der Waals surface area contributed by atoms with Gasteiger partial charge in [-0.3, -0.25) is 10.1 Å². The highest BCUT2D eigenvalue weighted by Crippen LogP contribution is 2.35. The molecule has 0 fully saturated rings. The maximum atomic E-state index is 10.6. The van der Waals surface area contributed by atoms with E-state index in [1.807, 2.05) is 0 Å². The average Bonchev–Trinajstić information content (AvgIpc) is 2.42. The molecule has 0 amide bonds. The van der Waals surface area contributed by atoms with Gasteiger partial charge in [0.25, 0.3) is 5.69 Å². The molecule has 0 aliphatic rings. The van der Waals surface area contributed by atoms with E-state index in [9.17, 15) is 10.1 Å². The van der Waals surface area contributed by atoms with Gasteiger partial charge in [-0.2, -0.15) is 0 Å². The SMILES string of the molecule is O=[N+]([O-])c1ccc(Oc2ccc(Cl)cc2CBr)c(Cl)c1.